The first kappa shape index (κ1) is 14.6. The minimum absolute atomic E-state index is 0.0468. The van der Waals surface area contributed by atoms with Gasteiger partial charge in [0.15, 0.2) is 0 Å². The first-order chi connectivity index (χ1) is 9.61. The number of benzene rings is 1. The number of amides is 1. The summed E-state index contributed by atoms with van der Waals surface area (Å²) >= 11 is 0. The normalized spacial score (nSPS) is 18.2. The minimum atomic E-state index is -0.886. The van der Waals surface area contributed by atoms with Crippen LogP contribution >= 0.6 is 0 Å². The molecule has 0 bridgehead atoms. The minimum Gasteiger partial charge on any atom is -0.480 e. The molecule has 0 spiro atoms. The highest BCUT2D eigenvalue weighted by atomic mass is 16.4. The van der Waals surface area contributed by atoms with Gasteiger partial charge in [-0.15, -0.1) is 0 Å². The lowest BCUT2D eigenvalue weighted by molar-refractivity contribution is -0.148. The molecule has 1 amide bonds. The molecular formula is C16H21NO3. The van der Waals surface area contributed by atoms with E-state index in [-0.39, 0.29) is 5.91 Å². The van der Waals surface area contributed by atoms with Crippen molar-refractivity contribution in [3.05, 3.63) is 35.4 Å². The molecule has 1 heterocycles. The molecule has 0 radical (unpaired) electrons. The Bertz CT molecular complexity index is 481. The van der Waals surface area contributed by atoms with Gasteiger partial charge in [0.1, 0.15) is 6.04 Å². The van der Waals surface area contributed by atoms with E-state index in [1.165, 1.54) is 10.5 Å². The van der Waals surface area contributed by atoms with Gasteiger partial charge in [-0.25, -0.2) is 4.79 Å². The van der Waals surface area contributed by atoms with Crippen molar-refractivity contribution >= 4 is 11.9 Å². The Morgan fingerprint density at radius 3 is 2.50 bits per heavy atom. The molecule has 1 aliphatic heterocycles. The maximum atomic E-state index is 12.1. The molecule has 2 rings (SSSR count). The van der Waals surface area contributed by atoms with Crippen LogP contribution in [-0.2, 0) is 22.4 Å². The molecular weight excluding hydrogens is 254 g/mol. The Labute approximate surface area is 119 Å². The summed E-state index contributed by atoms with van der Waals surface area (Å²) in [7, 11) is 0. The van der Waals surface area contributed by atoms with Crippen LogP contribution in [0.3, 0.4) is 0 Å². The molecule has 1 aliphatic rings. The third kappa shape index (κ3) is 3.38. The quantitative estimate of drug-likeness (QED) is 0.896. The molecule has 1 aromatic carbocycles. The molecule has 20 heavy (non-hydrogen) atoms. The summed E-state index contributed by atoms with van der Waals surface area (Å²) in [5.74, 6) is -0.933. The predicted octanol–water partition coefficient (Wildman–Crippen LogP) is 2.26. The second kappa shape index (κ2) is 6.55. The van der Waals surface area contributed by atoms with Crippen LogP contribution < -0.4 is 0 Å². The fraction of sp³-hybridized carbons (Fsp3) is 0.500. The van der Waals surface area contributed by atoms with Crippen molar-refractivity contribution in [3.8, 4) is 0 Å². The fourth-order valence-electron chi connectivity index (χ4n) is 2.66. The number of hydrogen-bond acceptors (Lipinski definition) is 2. The number of carbonyl (C=O) groups is 2. The number of carboxylic acids is 1. The van der Waals surface area contributed by atoms with Crippen molar-refractivity contribution in [2.45, 2.75) is 45.1 Å². The number of carboxylic acid groups (broad SMARTS) is 1. The van der Waals surface area contributed by atoms with Crippen LogP contribution in [0.2, 0.25) is 0 Å². The van der Waals surface area contributed by atoms with Crippen molar-refractivity contribution in [2.24, 2.45) is 0 Å². The molecule has 4 heteroatoms. The number of nitrogens with zero attached hydrogens (tertiary/aromatic N) is 1. The average molecular weight is 275 g/mol. The third-order valence-corrected chi connectivity index (χ3v) is 3.92. The summed E-state index contributed by atoms with van der Waals surface area (Å²) in [5, 5.41) is 9.08. The highest BCUT2D eigenvalue weighted by molar-refractivity contribution is 5.84. The second-order valence-electron chi connectivity index (χ2n) is 5.25. The highest BCUT2D eigenvalue weighted by Crippen LogP contribution is 2.19. The van der Waals surface area contributed by atoms with Crippen LogP contribution in [-0.4, -0.2) is 34.5 Å². The molecule has 4 nitrogen and oxygen atoms in total. The van der Waals surface area contributed by atoms with E-state index in [0.29, 0.717) is 25.8 Å². The van der Waals surface area contributed by atoms with E-state index in [2.05, 4.69) is 19.1 Å². The standard InChI is InChI=1S/C16H21NO3/c1-2-12-5-7-13(8-6-12)9-10-15(18)17-11-3-4-14(17)16(19)20/h5-8,14H,2-4,9-11H2,1H3,(H,19,20). The molecule has 1 unspecified atom stereocenters. The largest absolute Gasteiger partial charge is 0.480 e. The molecule has 0 saturated carbocycles. The average Bonchev–Trinajstić information content (AvgIpc) is 2.95. The Balaban J connectivity index is 1.89. The smallest absolute Gasteiger partial charge is 0.326 e. The molecule has 0 aromatic heterocycles. The summed E-state index contributed by atoms with van der Waals surface area (Å²) in [6, 6.07) is 7.63. The molecule has 1 fully saturated rings. The van der Waals surface area contributed by atoms with Crippen molar-refractivity contribution in [1.29, 1.82) is 0 Å². The van der Waals surface area contributed by atoms with Gasteiger partial charge >= 0.3 is 5.97 Å². The van der Waals surface area contributed by atoms with Gasteiger partial charge < -0.3 is 10.0 Å². The molecule has 1 saturated heterocycles. The van der Waals surface area contributed by atoms with E-state index in [1.807, 2.05) is 12.1 Å². The van der Waals surface area contributed by atoms with E-state index in [1.54, 1.807) is 0 Å². The van der Waals surface area contributed by atoms with Crippen LogP contribution in [0.4, 0.5) is 0 Å². The van der Waals surface area contributed by atoms with E-state index in [0.717, 1.165) is 18.4 Å². The zero-order valence-corrected chi connectivity index (χ0v) is 11.8. The summed E-state index contributed by atoms with van der Waals surface area (Å²) < 4.78 is 0. The van der Waals surface area contributed by atoms with Gasteiger partial charge in [-0.2, -0.15) is 0 Å². The summed E-state index contributed by atoms with van der Waals surface area (Å²) in [4.78, 5) is 24.7. The van der Waals surface area contributed by atoms with Gasteiger partial charge in [-0.3, -0.25) is 4.79 Å². The second-order valence-corrected chi connectivity index (χ2v) is 5.25. The van der Waals surface area contributed by atoms with Gasteiger partial charge in [-0.05, 0) is 36.8 Å². The Kier molecular flexibility index (Phi) is 4.77. The summed E-state index contributed by atoms with van der Waals surface area (Å²) in [6.45, 7) is 2.68. The Hall–Kier alpha value is -1.84. The lowest BCUT2D eigenvalue weighted by atomic mass is 10.1. The van der Waals surface area contributed by atoms with Crippen LogP contribution in [0.1, 0.15) is 37.3 Å². The number of rotatable bonds is 5. The number of carbonyl (C=O) groups excluding carboxylic acids is 1. The van der Waals surface area contributed by atoms with Gasteiger partial charge in [0, 0.05) is 13.0 Å². The first-order valence-corrected chi connectivity index (χ1v) is 7.22. The number of likely N-dealkylation sites (tertiary alicyclic amines) is 1. The third-order valence-electron chi connectivity index (χ3n) is 3.92. The van der Waals surface area contributed by atoms with E-state index in [9.17, 15) is 9.59 Å². The Morgan fingerprint density at radius 1 is 1.25 bits per heavy atom. The van der Waals surface area contributed by atoms with Crippen LogP contribution in [0.25, 0.3) is 0 Å². The fourth-order valence-corrected chi connectivity index (χ4v) is 2.66. The molecule has 0 aliphatic carbocycles. The first-order valence-electron chi connectivity index (χ1n) is 7.22. The zero-order chi connectivity index (χ0) is 14.5. The molecule has 1 atom stereocenters. The zero-order valence-electron chi connectivity index (χ0n) is 11.8. The monoisotopic (exact) mass is 275 g/mol. The number of aryl methyl sites for hydroxylation is 2. The topological polar surface area (TPSA) is 57.6 Å². The van der Waals surface area contributed by atoms with Crippen LogP contribution in [0.5, 0.6) is 0 Å². The SMILES string of the molecule is CCc1ccc(CCC(=O)N2CCCC2C(=O)O)cc1. The van der Waals surface area contributed by atoms with Crippen molar-refractivity contribution in [1.82, 2.24) is 4.90 Å². The molecule has 108 valence electrons. The van der Waals surface area contributed by atoms with E-state index >= 15 is 0 Å². The predicted molar refractivity (Wildman–Crippen MR) is 76.5 cm³/mol. The highest BCUT2D eigenvalue weighted by Gasteiger charge is 2.33. The van der Waals surface area contributed by atoms with Crippen molar-refractivity contribution in [3.63, 3.8) is 0 Å². The summed E-state index contributed by atoms with van der Waals surface area (Å²) in [5.41, 5.74) is 2.41. The van der Waals surface area contributed by atoms with Crippen LogP contribution in [0.15, 0.2) is 24.3 Å². The molecule has 1 N–H and O–H groups in total. The maximum absolute atomic E-state index is 12.1. The van der Waals surface area contributed by atoms with Crippen molar-refractivity contribution in [2.75, 3.05) is 6.54 Å². The van der Waals surface area contributed by atoms with E-state index < -0.39 is 12.0 Å². The van der Waals surface area contributed by atoms with Crippen LogP contribution in [0, 0.1) is 0 Å². The lowest BCUT2D eigenvalue weighted by Crippen LogP contribution is -2.40. The van der Waals surface area contributed by atoms with Crippen molar-refractivity contribution < 1.29 is 14.7 Å². The lowest BCUT2D eigenvalue weighted by Gasteiger charge is -2.21. The van der Waals surface area contributed by atoms with Gasteiger partial charge in [-0.1, -0.05) is 31.2 Å². The summed E-state index contributed by atoms with van der Waals surface area (Å²) in [6.07, 6.45) is 3.42. The van der Waals surface area contributed by atoms with Gasteiger partial charge in [0.2, 0.25) is 5.91 Å². The van der Waals surface area contributed by atoms with Gasteiger partial charge in [0.25, 0.3) is 0 Å². The van der Waals surface area contributed by atoms with E-state index in [4.69, 9.17) is 5.11 Å². The molecule has 1 aromatic rings. The number of hydrogen-bond donors (Lipinski definition) is 1. The Morgan fingerprint density at radius 2 is 1.90 bits per heavy atom. The van der Waals surface area contributed by atoms with Gasteiger partial charge in [0.05, 0.1) is 0 Å². The maximum Gasteiger partial charge on any atom is 0.326 e. The number of aliphatic carboxylic acids is 1.